The second kappa shape index (κ2) is 21.2. The number of benzene rings is 4. The number of nitrogens with one attached hydrogen (secondary N) is 1. The fourth-order valence-electron chi connectivity index (χ4n) is 10.6. The molecule has 0 saturated carbocycles. The number of aryl methyl sites for hydroxylation is 1. The molecule has 0 radical (unpaired) electrons. The predicted octanol–water partition coefficient (Wildman–Crippen LogP) is 11.4. The smallest absolute Gasteiger partial charge is 0.418 e. The van der Waals surface area contributed by atoms with Crippen molar-refractivity contribution in [3.05, 3.63) is 136 Å². The van der Waals surface area contributed by atoms with E-state index in [2.05, 4.69) is 25.2 Å². The molecule has 4 aromatic carbocycles. The van der Waals surface area contributed by atoms with Crippen LogP contribution < -0.4 is 38.8 Å². The maximum absolute atomic E-state index is 18.3. The van der Waals surface area contributed by atoms with Crippen LogP contribution in [0.5, 0.6) is 29.0 Å². The molecule has 3 aliphatic rings. The van der Waals surface area contributed by atoms with Crippen molar-refractivity contribution in [1.29, 1.82) is 0 Å². The molecule has 392 valence electrons. The van der Waals surface area contributed by atoms with Crippen LogP contribution in [0.2, 0.25) is 5.02 Å². The number of hydrogen-bond donors (Lipinski definition) is 1. The fourth-order valence-corrected chi connectivity index (χ4v) is 10.9. The van der Waals surface area contributed by atoms with Gasteiger partial charge in [0.2, 0.25) is 0 Å². The molecule has 2 fully saturated rings. The zero-order valence-electron chi connectivity index (χ0n) is 42.0. The van der Waals surface area contributed by atoms with E-state index in [0.717, 1.165) is 23.1 Å². The first-order valence-corrected chi connectivity index (χ1v) is 25.0. The summed E-state index contributed by atoms with van der Waals surface area (Å²) in [7, 11) is 4.70. The number of fused-ring (bicyclic) bond motifs is 1. The molecule has 0 amide bonds. The van der Waals surface area contributed by atoms with Gasteiger partial charge in [0.1, 0.15) is 65.9 Å². The maximum Gasteiger partial charge on any atom is 0.418 e. The zero-order chi connectivity index (χ0) is 52.6. The second-order valence-corrected chi connectivity index (χ2v) is 19.4. The standard InChI is InChI=1S/C55H55ClF5N9O5/c1-32-23-42(68(27-35-9-15-39(72-4)16-10-35)28-36-11-17-40(73-5)18-12-36)65-48(45(32)55(59,60)61)43-46(56)50-44-49(47(43)58)66-53(75-30-54-19-6-20-69(54)29-37(57)24-54)67-52(44)70(21-22-74-50)33(2)41-26-62-31-64-51(41)63-25-34-7-13-38(71-3)14-8-34/h7-18,23,26,31,33,37H,6,19-22,24-25,27-30H2,1-5H3,(H,62,63,64)/t33-,37-,54+/m1/s1. The van der Waals surface area contributed by atoms with Crippen molar-refractivity contribution in [2.24, 2.45) is 0 Å². The van der Waals surface area contributed by atoms with Gasteiger partial charge in [-0.05, 0) is 98.0 Å². The van der Waals surface area contributed by atoms with E-state index in [9.17, 15) is 0 Å². The molecule has 3 aliphatic heterocycles. The van der Waals surface area contributed by atoms with E-state index in [-0.39, 0.29) is 80.2 Å². The molecule has 75 heavy (non-hydrogen) atoms. The van der Waals surface area contributed by atoms with Crippen molar-refractivity contribution >= 4 is 40.0 Å². The molecular formula is C55H55ClF5N9O5. The van der Waals surface area contributed by atoms with Gasteiger partial charge in [-0.3, -0.25) is 4.90 Å². The number of alkyl halides is 4. The van der Waals surface area contributed by atoms with E-state index in [1.807, 2.05) is 60.4 Å². The van der Waals surface area contributed by atoms with Gasteiger partial charge in [0, 0.05) is 44.4 Å². The van der Waals surface area contributed by atoms with Gasteiger partial charge in [-0.1, -0.05) is 48.0 Å². The first-order chi connectivity index (χ1) is 36.2. The number of halogens is 6. The number of methoxy groups -OCH3 is 3. The van der Waals surface area contributed by atoms with Gasteiger partial charge in [-0.25, -0.2) is 23.7 Å². The predicted molar refractivity (Wildman–Crippen MR) is 276 cm³/mol. The summed E-state index contributed by atoms with van der Waals surface area (Å²) in [6.45, 7) is 5.00. The van der Waals surface area contributed by atoms with Crippen LogP contribution in [0.3, 0.4) is 0 Å². The molecule has 14 nitrogen and oxygen atoms in total. The van der Waals surface area contributed by atoms with Crippen molar-refractivity contribution in [3.8, 4) is 40.3 Å². The number of nitrogens with zero attached hydrogens (tertiary/aromatic N) is 8. The summed E-state index contributed by atoms with van der Waals surface area (Å²) in [5, 5.41) is 2.97. The van der Waals surface area contributed by atoms with Crippen LogP contribution in [0.25, 0.3) is 22.2 Å². The Morgan fingerprint density at radius 3 is 2.16 bits per heavy atom. The number of anilines is 3. The molecule has 0 aliphatic carbocycles. The summed E-state index contributed by atoms with van der Waals surface area (Å²) >= 11 is 7.28. The van der Waals surface area contributed by atoms with Crippen molar-refractivity contribution < 1.29 is 45.6 Å². The molecule has 20 heteroatoms. The molecule has 0 spiro atoms. The monoisotopic (exact) mass is 1050 g/mol. The average Bonchev–Trinajstić information content (AvgIpc) is 3.88. The number of ether oxygens (including phenoxy) is 5. The van der Waals surface area contributed by atoms with Crippen molar-refractivity contribution in [1.82, 2.24) is 29.8 Å². The summed E-state index contributed by atoms with van der Waals surface area (Å²) in [5.41, 5.74) is -0.699. The molecule has 1 N–H and O–H groups in total. The highest BCUT2D eigenvalue weighted by Gasteiger charge is 2.50. The molecule has 3 aromatic heterocycles. The second-order valence-electron chi connectivity index (χ2n) is 19.1. The quantitative estimate of drug-likeness (QED) is 0.0868. The molecular weight excluding hydrogens is 997 g/mol. The minimum Gasteiger partial charge on any atom is -0.497 e. The van der Waals surface area contributed by atoms with Crippen LogP contribution in [0.4, 0.5) is 39.4 Å². The first-order valence-electron chi connectivity index (χ1n) is 24.6. The third kappa shape index (κ3) is 10.3. The van der Waals surface area contributed by atoms with Crippen molar-refractivity contribution in [3.63, 3.8) is 0 Å². The van der Waals surface area contributed by atoms with Crippen LogP contribution in [0.15, 0.2) is 91.4 Å². The molecule has 3 atom stereocenters. The Balaban J connectivity index is 1.12. The maximum atomic E-state index is 18.3. The lowest BCUT2D eigenvalue weighted by Gasteiger charge is -2.32. The van der Waals surface area contributed by atoms with Gasteiger partial charge in [-0.15, -0.1) is 0 Å². The average molecular weight is 1050 g/mol. The summed E-state index contributed by atoms with van der Waals surface area (Å²) in [6.07, 6.45) is -1.27. The summed E-state index contributed by atoms with van der Waals surface area (Å²) < 4.78 is 109. The highest BCUT2D eigenvalue weighted by atomic mass is 35.5. The SMILES string of the molecule is COc1ccc(CNc2ncncc2[C@@H](C)N2CCOc3c(Cl)c(-c4nc(N(Cc5ccc(OC)cc5)Cc5ccc(OC)cc5)cc(C)c4C(F)(F)F)c(F)c4nc(OC[C@@]56CCCN5C[C@H](F)C6)nc2c34)cc1. The Hall–Kier alpha value is -7.25. The van der Waals surface area contributed by atoms with Gasteiger partial charge in [0.05, 0.1) is 66.7 Å². The van der Waals surface area contributed by atoms with Crippen LogP contribution in [-0.2, 0) is 25.8 Å². The molecule has 6 heterocycles. The molecule has 10 rings (SSSR count). The summed E-state index contributed by atoms with van der Waals surface area (Å²) in [4.78, 5) is 28.9. The number of aromatic nitrogens is 5. The minimum absolute atomic E-state index is 0.00922. The Morgan fingerprint density at radius 2 is 1.53 bits per heavy atom. The topological polar surface area (TPSA) is 132 Å². The lowest BCUT2D eigenvalue weighted by molar-refractivity contribution is -0.137. The normalized spacial score (nSPS) is 17.8. The van der Waals surface area contributed by atoms with E-state index >= 15 is 22.0 Å². The van der Waals surface area contributed by atoms with Gasteiger partial charge in [-0.2, -0.15) is 23.1 Å². The lowest BCUT2D eigenvalue weighted by Crippen LogP contribution is -2.43. The van der Waals surface area contributed by atoms with Crippen LogP contribution in [-0.4, -0.2) is 95.7 Å². The molecule has 0 bridgehead atoms. The fraction of sp³-hybridized carbons (Fsp3) is 0.364. The number of rotatable bonds is 17. The lowest BCUT2D eigenvalue weighted by atomic mass is 9.95. The third-order valence-corrected chi connectivity index (χ3v) is 14.8. The van der Waals surface area contributed by atoms with E-state index in [4.69, 9.17) is 45.3 Å². The first kappa shape index (κ1) is 51.2. The highest BCUT2D eigenvalue weighted by Crippen LogP contribution is 2.52. The van der Waals surface area contributed by atoms with Gasteiger partial charge in [0.15, 0.2) is 11.6 Å². The largest absolute Gasteiger partial charge is 0.497 e. The van der Waals surface area contributed by atoms with Gasteiger partial charge < -0.3 is 38.8 Å². The molecule has 0 unspecified atom stereocenters. The summed E-state index contributed by atoms with van der Waals surface area (Å²) in [5.74, 6) is 1.38. The number of hydrogen-bond acceptors (Lipinski definition) is 14. The van der Waals surface area contributed by atoms with Gasteiger partial charge in [0.25, 0.3) is 0 Å². The third-order valence-electron chi connectivity index (χ3n) is 14.4. The molecule has 7 aromatic rings. The Kier molecular flexibility index (Phi) is 14.5. The number of pyridine rings is 1. The van der Waals surface area contributed by atoms with Crippen LogP contribution >= 0.6 is 11.6 Å². The van der Waals surface area contributed by atoms with E-state index < -0.39 is 57.1 Å². The Bertz CT molecular complexity index is 3140. The van der Waals surface area contributed by atoms with Crippen LogP contribution in [0, 0.1) is 12.7 Å². The highest BCUT2D eigenvalue weighted by molar-refractivity contribution is 6.36. The molecule has 2 saturated heterocycles. The zero-order valence-corrected chi connectivity index (χ0v) is 42.7. The van der Waals surface area contributed by atoms with E-state index in [0.29, 0.717) is 48.1 Å². The Morgan fingerprint density at radius 1 is 0.893 bits per heavy atom. The van der Waals surface area contributed by atoms with Crippen molar-refractivity contribution in [2.45, 2.75) is 76.7 Å². The van der Waals surface area contributed by atoms with E-state index in [1.165, 1.54) is 19.3 Å². The van der Waals surface area contributed by atoms with Crippen LogP contribution in [0.1, 0.15) is 65.6 Å². The minimum atomic E-state index is -5.03. The summed E-state index contributed by atoms with van der Waals surface area (Å²) in [6, 6.07) is 22.6. The Labute approximate surface area is 435 Å². The van der Waals surface area contributed by atoms with Crippen molar-refractivity contribution in [2.75, 3.05) is 69.3 Å². The van der Waals surface area contributed by atoms with Gasteiger partial charge >= 0.3 is 12.2 Å². The van der Waals surface area contributed by atoms with E-state index in [1.54, 1.807) is 56.7 Å².